The van der Waals surface area contributed by atoms with E-state index in [0.717, 1.165) is 56.9 Å². The second-order valence-electron chi connectivity index (χ2n) is 11.8. The normalized spacial score (nSPS) is 19.7. The van der Waals surface area contributed by atoms with Crippen molar-refractivity contribution in [2.75, 3.05) is 80.6 Å². The summed E-state index contributed by atoms with van der Waals surface area (Å²) in [6.45, 7) is 10.1. The summed E-state index contributed by atoms with van der Waals surface area (Å²) in [5.74, 6) is 1.46. The summed E-state index contributed by atoms with van der Waals surface area (Å²) in [4.78, 5) is 34.8. The van der Waals surface area contributed by atoms with Crippen molar-refractivity contribution < 1.29 is 14.4 Å². The lowest BCUT2D eigenvalue weighted by molar-refractivity contribution is -0.111. The Kier molecular flexibility index (Phi) is 10.1. The van der Waals surface area contributed by atoms with Gasteiger partial charge in [0.2, 0.25) is 5.91 Å². The molecule has 1 amide bonds. The minimum Gasteiger partial charge on any atom is -0.494 e. The Morgan fingerprint density at radius 1 is 1.00 bits per heavy atom. The molecule has 1 aromatic heterocycles. The van der Waals surface area contributed by atoms with Crippen molar-refractivity contribution in [3.8, 4) is 5.75 Å². The third-order valence-electron chi connectivity index (χ3n) is 8.99. The van der Waals surface area contributed by atoms with Crippen molar-refractivity contribution in [1.82, 2.24) is 19.8 Å². The number of anilines is 5. The zero-order valence-electron chi connectivity index (χ0n) is 26.2. The Hall–Kier alpha value is -3.61. The minimum absolute atomic E-state index is 0.0908. The Balaban J connectivity index is 1.22. The van der Waals surface area contributed by atoms with Gasteiger partial charge >= 0.3 is 0 Å². The molecule has 6 rings (SSSR count). The molecule has 0 saturated carbocycles. The van der Waals surface area contributed by atoms with Crippen molar-refractivity contribution in [2.24, 2.45) is 0 Å². The number of methoxy groups -OCH3 is 1. The van der Waals surface area contributed by atoms with E-state index < -0.39 is 0 Å². The molecule has 3 aromatic rings. The monoisotopic (exact) mass is 666 g/mol. The number of benzene rings is 2. The predicted octanol–water partition coefficient (Wildman–Crippen LogP) is 5.76. The zero-order chi connectivity index (χ0) is 32.2. The van der Waals surface area contributed by atoms with Gasteiger partial charge in [0.1, 0.15) is 17.9 Å². The fourth-order valence-corrected chi connectivity index (χ4v) is 6.77. The van der Waals surface area contributed by atoms with Crippen LogP contribution in [0.5, 0.6) is 5.75 Å². The van der Waals surface area contributed by atoms with Crippen LogP contribution in [-0.4, -0.2) is 91.7 Å². The first-order valence-corrected chi connectivity index (χ1v) is 16.4. The van der Waals surface area contributed by atoms with E-state index in [-0.39, 0.29) is 11.9 Å². The molecule has 244 valence electrons. The molecule has 3 aliphatic rings. The van der Waals surface area contributed by atoms with E-state index in [1.807, 2.05) is 30.3 Å². The number of piperidine rings is 1. The van der Waals surface area contributed by atoms with E-state index in [1.165, 1.54) is 25.2 Å². The number of halogens is 2. The smallest absolute Gasteiger partial charge is 0.247 e. The summed E-state index contributed by atoms with van der Waals surface area (Å²) >= 11 is 12.5. The first-order valence-electron chi connectivity index (χ1n) is 15.6. The number of hydrogen-bond donors (Lipinski definition) is 2. The molecule has 4 heterocycles. The van der Waals surface area contributed by atoms with E-state index in [0.29, 0.717) is 51.5 Å². The maximum Gasteiger partial charge on any atom is 0.247 e. The van der Waals surface area contributed by atoms with Crippen molar-refractivity contribution in [2.45, 2.75) is 31.3 Å². The van der Waals surface area contributed by atoms with Gasteiger partial charge in [-0.25, -0.2) is 15.0 Å². The number of nitrogens with one attached hydrogen (secondary N) is 2. The van der Waals surface area contributed by atoms with Crippen LogP contribution in [0.3, 0.4) is 0 Å². The molecular weight excluding hydrogens is 627 g/mol. The summed E-state index contributed by atoms with van der Waals surface area (Å²) < 4.78 is 5.85. The van der Waals surface area contributed by atoms with Crippen LogP contribution in [0.4, 0.5) is 28.7 Å². The highest BCUT2D eigenvalue weighted by Gasteiger charge is 2.31. The van der Waals surface area contributed by atoms with Crippen LogP contribution >= 0.6 is 23.2 Å². The molecule has 3 aliphatic heterocycles. The number of carbonyl (C=O) groups excluding carboxylic acids is 1. The summed E-state index contributed by atoms with van der Waals surface area (Å²) in [6.07, 6.45) is 5.93. The van der Waals surface area contributed by atoms with Gasteiger partial charge in [-0.2, -0.15) is 0 Å². The number of aromatic nitrogens is 2. The van der Waals surface area contributed by atoms with E-state index in [9.17, 15) is 4.79 Å². The average molecular weight is 668 g/mol. The van der Waals surface area contributed by atoms with Gasteiger partial charge in [0.15, 0.2) is 5.82 Å². The average Bonchev–Trinajstić information content (AvgIpc) is 3.57. The molecule has 3 saturated heterocycles. The van der Waals surface area contributed by atoms with Crippen LogP contribution in [0.1, 0.15) is 30.9 Å². The molecule has 46 heavy (non-hydrogen) atoms. The highest BCUT2D eigenvalue weighted by atomic mass is 35.5. The maximum atomic E-state index is 12.5. The second kappa shape index (κ2) is 14.4. The topological polar surface area (TPSA) is 98.3 Å². The Bertz CT molecular complexity index is 1560. The number of ether oxygens (including phenoxy) is 1. The van der Waals surface area contributed by atoms with Crippen LogP contribution in [-0.2, 0) is 9.63 Å². The molecule has 0 bridgehead atoms. The summed E-state index contributed by atoms with van der Waals surface area (Å²) in [7, 11) is 3.83. The molecule has 0 unspecified atom stereocenters. The van der Waals surface area contributed by atoms with E-state index >= 15 is 0 Å². The van der Waals surface area contributed by atoms with Crippen LogP contribution in [0.25, 0.3) is 0 Å². The Labute approximate surface area is 280 Å². The molecule has 2 aromatic carbocycles. The number of rotatable bonds is 9. The van der Waals surface area contributed by atoms with Crippen LogP contribution in [0.2, 0.25) is 10.0 Å². The fraction of sp³-hybridized carbons (Fsp3) is 0.424. The zero-order valence-corrected chi connectivity index (χ0v) is 27.7. The first kappa shape index (κ1) is 32.3. The minimum atomic E-state index is -0.286. The predicted molar refractivity (Wildman–Crippen MR) is 184 cm³/mol. The number of likely N-dealkylation sites (tertiary alicyclic amines) is 1. The third kappa shape index (κ3) is 7.19. The Morgan fingerprint density at radius 2 is 1.78 bits per heavy atom. The molecule has 0 aliphatic carbocycles. The van der Waals surface area contributed by atoms with Crippen molar-refractivity contribution >= 4 is 57.8 Å². The lowest BCUT2D eigenvalue weighted by Gasteiger charge is -2.43. The fourth-order valence-electron chi connectivity index (χ4n) is 6.46. The van der Waals surface area contributed by atoms with Crippen molar-refractivity contribution in [3.05, 3.63) is 71.0 Å². The molecular formula is C33H40Cl2N8O3. The van der Waals surface area contributed by atoms with Gasteiger partial charge in [0.25, 0.3) is 0 Å². The highest BCUT2D eigenvalue weighted by Crippen LogP contribution is 2.40. The highest BCUT2D eigenvalue weighted by molar-refractivity contribution is 6.42. The summed E-state index contributed by atoms with van der Waals surface area (Å²) in [5, 5.41) is 9.14. The lowest BCUT2D eigenvalue weighted by atomic mass is 10.0. The number of hydroxylamine groups is 1. The Morgan fingerprint density at radius 3 is 2.50 bits per heavy atom. The largest absolute Gasteiger partial charge is 0.494 e. The van der Waals surface area contributed by atoms with Gasteiger partial charge in [-0.05, 0) is 62.8 Å². The van der Waals surface area contributed by atoms with Crippen LogP contribution < -0.4 is 25.3 Å². The molecule has 11 nitrogen and oxygen atoms in total. The van der Waals surface area contributed by atoms with Crippen molar-refractivity contribution in [3.63, 3.8) is 0 Å². The van der Waals surface area contributed by atoms with E-state index in [1.54, 1.807) is 18.2 Å². The molecule has 0 radical (unpaired) electrons. The number of hydrogen-bond acceptors (Lipinski definition) is 10. The summed E-state index contributed by atoms with van der Waals surface area (Å²) in [5.41, 5.74) is 3.19. The number of amides is 1. The van der Waals surface area contributed by atoms with Gasteiger partial charge in [-0.1, -0.05) is 35.8 Å². The maximum absolute atomic E-state index is 12.5. The quantitative estimate of drug-likeness (QED) is 0.274. The summed E-state index contributed by atoms with van der Waals surface area (Å²) in [6, 6.07) is 11.8. The first-order chi connectivity index (χ1) is 22.3. The van der Waals surface area contributed by atoms with Gasteiger partial charge in [-0.3, -0.25) is 14.5 Å². The van der Waals surface area contributed by atoms with Gasteiger partial charge in [0.05, 0.1) is 46.9 Å². The van der Waals surface area contributed by atoms with Crippen molar-refractivity contribution in [1.29, 1.82) is 0 Å². The van der Waals surface area contributed by atoms with Crippen LogP contribution in [0, 0.1) is 0 Å². The van der Waals surface area contributed by atoms with Crippen LogP contribution in [0.15, 0.2) is 55.4 Å². The molecule has 3 fully saturated rings. The standard InChI is InChI=1S/C33H40Cl2N8O3/c1-4-33(44)39-26-18-27(30(45-3)19-29(26)42-14-12-41(13-15-42)23-7-10-40(2)11-8-23)38-31-20-32(37-21-36-31)43-28(9-16-46-43)22-5-6-24(34)25(35)17-22/h4-6,17-21,23,28H,1,7-16H2,2-3H3,(H,39,44)(H,36,37,38)/t28-/m1/s1. The van der Waals surface area contributed by atoms with Gasteiger partial charge in [0, 0.05) is 50.8 Å². The number of piperazine rings is 1. The SMILES string of the molecule is C=CC(=O)Nc1cc(Nc2cc(N3OCC[C@@H]3c3ccc(Cl)c(Cl)c3)ncn2)c(OC)cc1N1CCN(C2CCN(C)CC2)CC1. The van der Waals surface area contributed by atoms with Gasteiger partial charge in [-0.15, -0.1) is 0 Å². The third-order valence-corrected chi connectivity index (χ3v) is 9.73. The number of nitrogens with zero attached hydrogens (tertiary/aromatic N) is 6. The lowest BCUT2D eigenvalue weighted by Crippen LogP contribution is -2.53. The molecule has 0 spiro atoms. The molecule has 1 atom stereocenters. The number of carbonyl (C=O) groups is 1. The van der Waals surface area contributed by atoms with E-state index in [2.05, 4.69) is 48.9 Å². The second-order valence-corrected chi connectivity index (χ2v) is 12.7. The van der Waals surface area contributed by atoms with E-state index in [4.69, 9.17) is 32.8 Å². The molecule has 13 heteroatoms. The molecule has 2 N–H and O–H groups in total. The van der Waals surface area contributed by atoms with Gasteiger partial charge < -0.3 is 25.2 Å².